The summed E-state index contributed by atoms with van der Waals surface area (Å²) >= 11 is 19.8. The number of carbonyl (C=O) groups is 1. The lowest BCUT2D eigenvalue weighted by Crippen LogP contribution is -2.21. The summed E-state index contributed by atoms with van der Waals surface area (Å²) in [4.78, 5) is 29.9. The highest BCUT2D eigenvalue weighted by atomic mass is 35.5. The van der Waals surface area contributed by atoms with Crippen LogP contribution >= 0.6 is 58.5 Å². The van der Waals surface area contributed by atoms with E-state index >= 15 is 0 Å². The van der Waals surface area contributed by atoms with Crippen molar-refractivity contribution in [3.8, 4) is 5.69 Å². The van der Waals surface area contributed by atoms with Gasteiger partial charge in [0, 0.05) is 28.5 Å². The van der Waals surface area contributed by atoms with Crippen LogP contribution in [0.1, 0.15) is 0 Å². The third kappa shape index (κ3) is 4.70. The number of nitrogens with one attached hydrogen (secondary N) is 1. The molecule has 0 aliphatic heterocycles. The zero-order valence-corrected chi connectivity index (χ0v) is 19.9. The molecule has 0 spiro atoms. The Hall–Kier alpha value is -2.17. The van der Waals surface area contributed by atoms with Crippen molar-refractivity contribution in [2.24, 2.45) is 7.05 Å². The summed E-state index contributed by atoms with van der Waals surface area (Å²) < 4.78 is 4.12. The largest absolute Gasteiger partial charge is 0.325 e. The van der Waals surface area contributed by atoms with E-state index in [0.29, 0.717) is 35.2 Å². The molecule has 31 heavy (non-hydrogen) atoms. The topological polar surface area (TPSA) is 68.9 Å². The first kappa shape index (κ1) is 22.0. The van der Waals surface area contributed by atoms with Crippen LogP contribution in [0.2, 0.25) is 10.0 Å². The number of carbonyl (C=O) groups excluding carboxylic acids is 1. The summed E-state index contributed by atoms with van der Waals surface area (Å²) in [6.07, 6.45) is 0. The zero-order chi connectivity index (χ0) is 22.1. The fourth-order valence-corrected chi connectivity index (χ4v) is 5.28. The van der Waals surface area contributed by atoms with E-state index in [2.05, 4.69) is 10.3 Å². The molecule has 0 bridgehead atoms. The predicted octanol–water partition coefficient (Wildman–Crippen LogP) is 5.55. The standard InChI is InChI=1S/C20H14Cl2N4O2S3/c1-25-18(28)16-17(26(20(29)31-16)14-7-5-11(21)6-8-14)24-19(25)30-10-15(27)23-13-4-2-3-12(22)9-13/h2-9H,10H2,1H3,(H,23,27). The SMILES string of the molecule is Cn1c(SCC(=O)Nc2cccc(Cl)c2)nc2c(sc(=S)n2-c2ccc(Cl)cc2)c1=O. The van der Waals surface area contributed by atoms with Gasteiger partial charge in [-0.25, -0.2) is 4.98 Å². The smallest absolute Gasteiger partial charge is 0.273 e. The molecule has 0 radical (unpaired) electrons. The van der Waals surface area contributed by atoms with Crippen LogP contribution in [0.15, 0.2) is 58.5 Å². The van der Waals surface area contributed by atoms with Gasteiger partial charge in [0.15, 0.2) is 14.8 Å². The Kier molecular flexibility index (Phi) is 6.49. The average molecular weight is 509 g/mol. The number of hydrogen-bond acceptors (Lipinski definition) is 6. The van der Waals surface area contributed by atoms with Gasteiger partial charge >= 0.3 is 0 Å². The first-order valence-corrected chi connectivity index (χ1v) is 11.9. The maximum absolute atomic E-state index is 12.9. The third-order valence-electron chi connectivity index (χ3n) is 4.30. The molecular weight excluding hydrogens is 495 g/mol. The third-order valence-corrected chi connectivity index (χ3v) is 7.17. The Bertz CT molecular complexity index is 1410. The zero-order valence-electron chi connectivity index (χ0n) is 16.0. The van der Waals surface area contributed by atoms with Gasteiger partial charge in [-0.3, -0.25) is 18.7 Å². The van der Waals surface area contributed by atoms with Crippen LogP contribution in [0.5, 0.6) is 0 Å². The minimum absolute atomic E-state index is 0.0735. The number of thiazole rings is 1. The van der Waals surface area contributed by atoms with Crippen LogP contribution in [0.25, 0.3) is 16.0 Å². The van der Waals surface area contributed by atoms with Gasteiger partial charge in [-0.05, 0) is 54.7 Å². The molecule has 0 atom stereocenters. The van der Waals surface area contributed by atoms with E-state index in [4.69, 9.17) is 35.4 Å². The summed E-state index contributed by atoms with van der Waals surface area (Å²) in [6.45, 7) is 0. The molecule has 11 heteroatoms. The van der Waals surface area contributed by atoms with Crippen molar-refractivity contribution in [1.29, 1.82) is 0 Å². The molecule has 0 aliphatic carbocycles. The average Bonchev–Trinajstić information content (AvgIpc) is 3.06. The van der Waals surface area contributed by atoms with Crippen molar-refractivity contribution in [3.05, 3.63) is 72.9 Å². The van der Waals surface area contributed by atoms with Crippen LogP contribution < -0.4 is 10.9 Å². The van der Waals surface area contributed by atoms with E-state index in [-0.39, 0.29) is 17.2 Å². The Labute approximate surface area is 200 Å². The molecule has 6 nitrogen and oxygen atoms in total. The van der Waals surface area contributed by atoms with Gasteiger partial charge in [0.25, 0.3) is 5.56 Å². The van der Waals surface area contributed by atoms with Gasteiger partial charge in [0.1, 0.15) is 4.70 Å². The number of hydrogen-bond donors (Lipinski definition) is 1. The molecule has 1 N–H and O–H groups in total. The summed E-state index contributed by atoms with van der Waals surface area (Å²) in [5.74, 6) is -0.161. The minimum Gasteiger partial charge on any atom is -0.325 e. The van der Waals surface area contributed by atoms with Crippen molar-refractivity contribution < 1.29 is 4.79 Å². The second-order valence-electron chi connectivity index (χ2n) is 6.44. The molecule has 4 rings (SSSR count). The number of aromatic nitrogens is 3. The van der Waals surface area contributed by atoms with E-state index < -0.39 is 0 Å². The number of benzene rings is 2. The number of thioether (sulfide) groups is 1. The van der Waals surface area contributed by atoms with E-state index in [1.165, 1.54) is 27.7 Å². The first-order valence-electron chi connectivity index (χ1n) is 8.90. The Morgan fingerprint density at radius 2 is 1.94 bits per heavy atom. The Morgan fingerprint density at radius 3 is 2.65 bits per heavy atom. The molecule has 0 unspecified atom stereocenters. The molecule has 158 valence electrons. The van der Waals surface area contributed by atoms with Crippen LogP contribution in [0.3, 0.4) is 0 Å². The van der Waals surface area contributed by atoms with E-state index in [9.17, 15) is 9.59 Å². The maximum Gasteiger partial charge on any atom is 0.273 e. The normalized spacial score (nSPS) is 11.1. The summed E-state index contributed by atoms with van der Waals surface area (Å²) in [5, 5.41) is 4.32. The molecule has 2 aromatic carbocycles. The van der Waals surface area contributed by atoms with Crippen molar-refractivity contribution in [1.82, 2.24) is 14.1 Å². The Morgan fingerprint density at radius 1 is 1.19 bits per heavy atom. The van der Waals surface area contributed by atoms with Crippen LogP contribution in [0, 0.1) is 3.95 Å². The highest BCUT2D eigenvalue weighted by molar-refractivity contribution is 7.99. The number of anilines is 1. The van der Waals surface area contributed by atoms with Crippen LogP contribution in [-0.4, -0.2) is 25.8 Å². The van der Waals surface area contributed by atoms with Gasteiger partial charge in [-0.2, -0.15) is 0 Å². The van der Waals surface area contributed by atoms with Gasteiger partial charge in [-0.1, -0.05) is 52.4 Å². The van der Waals surface area contributed by atoms with Gasteiger partial charge in [0.2, 0.25) is 5.91 Å². The van der Waals surface area contributed by atoms with Gasteiger partial charge < -0.3 is 5.32 Å². The van der Waals surface area contributed by atoms with Crippen molar-refractivity contribution in [2.75, 3.05) is 11.1 Å². The summed E-state index contributed by atoms with van der Waals surface area (Å²) in [7, 11) is 1.63. The summed E-state index contributed by atoms with van der Waals surface area (Å²) in [6, 6.07) is 14.0. The summed E-state index contributed by atoms with van der Waals surface area (Å²) in [5.41, 5.74) is 1.60. The monoisotopic (exact) mass is 508 g/mol. The van der Waals surface area contributed by atoms with Crippen molar-refractivity contribution in [3.63, 3.8) is 0 Å². The molecule has 2 heterocycles. The van der Waals surface area contributed by atoms with Crippen LogP contribution in [-0.2, 0) is 11.8 Å². The van der Waals surface area contributed by atoms with Crippen LogP contribution in [0.4, 0.5) is 5.69 Å². The minimum atomic E-state index is -0.235. The van der Waals surface area contributed by atoms with E-state index in [1.807, 2.05) is 12.1 Å². The molecule has 0 aliphatic rings. The second-order valence-corrected chi connectivity index (χ2v) is 9.90. The fourth-order valence-electron chi connectivity index (χ4n) is 2.85. The molecular formula is C20H14Cl2N4O2S3. The van der Waals surface area contributed by atoms with Gasteiger partial charge in [0.05, 0.1) is 5.75 Å². The number of nitrogens with zero attached hydrogens (tertiary/aromatic N) is 3. The van der Waals surface area contributed by atoms with E-state index in [1.54, 1.807) is 48.0 Å². The number of fused-ring (bicyclic) bond motifs is 1. The second kappa shape index (κ2) is 9.13. The first-order chi connectivity index (χ1) is 14.8. The number of amides is 1. The quantitative estimate of drug-likeness (QED) is 0.217. The van der Waals surface area contributed by atoms with Gasteiger partial charge in [-0.15, -0.1) is 0 Å². The van der Waals surface area contributed by atoms with Crippen molar-refractivity contribution in [2.45, 2.75) is 5.16 Å². The highest BCUT2D eigenvalue weighted by Gasteiger charge is 2.17. The lowest BCUT2D eigenvalue weighted by Gasteiger charge is -2.09. The molecule has 4 aromatic rings. The Balaban J connectivity index is 1.65. The number of halogens is 2. The lowest BCUT2D eigenvalue weighted by molar-refractivity contribution is -0.113. The highest BCUT2D eigenvalue weighted by Crippen LogP contribution is 2.26. The predicted molar refractivity (Wildman–Crippen MR) is 131 cm³/mol. The molecule has 1 amide bonds. The van der Waals surface area contributed by atoms with Crippen molar-refractivity contribution >= 4 is 80.5 Å². The molecule has 0 saturated carbocycles. The molecule has 0 saturated heterocycles. The molecule has 0 fully saturated rings. The van der Waals surface area contributed by atoms with E-state index in [0.717, 1.165) is 5.69 Å². The molecule has 2 aromatic heterocycles. The fraction of sp³-hybridized carbons (Fsp3) is 0.100. The lowest BCUT2D eigenvalue weighted by atomic mass is 10.3. The maximum atomic E-state index is 12.9. The number of rotatable bonds is 5.